The molecule has 0 saturated heterocycles. The van der Waals surface area contributed by atoms with Gasteiger partial charge in [-0.3, -0.25) is 9.48 Å². The van der Waals surface area contributed by atoms with E-state index in [-0.39, 0.29) is 23.6 Å². The van der Waals surface area contributed by atoms with Crippen LogP contribution < -0.4 is 0 Å². The Hall–Kier alpha value is -3.76. The Kier molecular flexibility index (Phi) is 5.88. The summed E-state index contributed by atoms with van der Waals surface area (Å²) in [5, 5.41) is 8.35. The van der Waals surface area contributed by atoms with E-state index in [0.717, 1.165) is 35.2 Å². The lowest BCUT2D eigenvalue weighted by Gasteiger charge is -2.16. The molecule has 4 aromatic rings. The number of benzene rings is 1. The third-order valence-corrected chi connectivity index (χ3v) is 5.65. The van der Waals surface area contributed by atoms with E-state index in [1.807, 2.05) is 25.5 Å². The van der Waals surface area contributed by atoms with Crippen molar-refractivity contribution in [3.63, 3.8) is 0 Å². The summed E-state index contributed by atoms with van der Waals surface area (Å²) in [7, 11) is 1.55. The molecule has 0 saturated carbocycles. The van der Waals surface area contributed by atoms with Crippen LogP contribution in [0.2, 0.25) is 0 Å². The van der Waals surface area contributed by atoms with E-state index < -0.39 is 23.6 Å². The van der Waals surface area contributed by atoms with Gasteiger partial charge in [-0.15, -0.1) is 0 Å². The van der Waals surface area contributed by atoms with Gasteiger partial charge in [-0.25, -0.2) is 13.9 Å². The van der Waals surface area contributed by atoms with Gasteiger partial charge in [-0.05, 0) is 51.1 Å². The molecule has 4 rings (SSSR count). The average molecular weight is 474 g/mol. The van der Waals surface area contributed by atoms with Gasteiger partial charge < -0.3 is 4.90 Å². The van der Waals surface area contributed by atoms with Crippen molar-refractivity contribution in [1.29, 1.82) is 0 Å². The van der Waals surface area contributed by atoms with Crippen molar-refractivity contribution in [2.45, 2.75) is 40.0 Å². The molecule has 0 fully saturated rings. The third-order valence-electron chi connectivity index (χ3n) is 5.65. The number of carbonyl (C=O) groups excluding carboxylic acids is 1. The summed E-state index contributed by atoms with van der Waals surface area (Å²) in [6.07, 6.45) is -4.75. The first-order chi connectivity index (χ1) is 16.0. The molecule has 0 bridgehead atoms. The number of hydrogen-bond acceptors (Lipinski definition) is 4. The Morgan fingerprint density at radius 2 is 1.76 bits per heavy atom. The fourth-order valence-electron chi connectivity index (χ4n) is 3.82. The second kappa shape index (κ2) is 8.54. The van der Waals surface area contributed by atoms with Crippen LogP contribution in [-0.2, 0) is 19.3 Å². The predicted octanol–water partition coefficient (Wildman–Crippen LogP) is 4.66. The number of carbonyl (C=O) groups is 1. The van der Waals surface area contributed by atoms with Gasteiger partial charge in [0.25, 0.3) is 5.91 Å². The van der Waals surface area contributed by atoms with Gasteiger partial charge >= 0.3 is 6.18 Å². The molecule has 7 nitrogen and oxygen atoms in total. The molecule has 0 aliphatic heterocycles. The molecule has 1 aromatic carbocycles. The Balaban J connectivity index is 1.73. The highest BCUT2D eigenvalue weighted by atomic mass is 19.4. The van der Waals surface area contributed by atoms with E-state index in [9.17, 15) is 22.4 Å². The second-order valence-corrected chi connectivity index (χ2v) is 7.96. The second-order valence-electron chi connectivity index (χ2n) is 7.96. The van der Waals surface area contributed by atoms with Crippen molar-refractivity contribution >= 4 is 11.6 Å². The van der Waals surface area contributed by atoms with Crippen LogP contribution in [-0.4, -0.2) is 42.2 Å². The fourth-order valence-corrected chi connectivity index (χ4v) is 3.82. The molecule has 0 N–H and O–H groups in total. The normalized spacial score (nSPS) is 11.9. The molecule has 3 aromatic heterocycles. The number of aromatic nitrogens is 5. The van der Waals surface area contributed by atoms with E-state index in [1.54, 1.807) is 7.05 Å². The topological polar surface area (TPSA) is 68.3 Å². The van der Waals surface area contributed by atoms with Crippen LogP contribution in [0, 0.1) is 19.7 Å². The summed E-state index contributed by atoms with van der Waals surface area (Å²) in [4.78, 5) is 18.7. The molecule has 0 unspecified atom stereocenters. The summed E-state index contributed by atoms with van der Waals surface area (Å²) in [5.74, 6) is -1.07. The maximum atomic E-state index is 13.8. The maximum absolute atomic E-state index is 13.8. The number of amides is 1. The van der Waals surface area contributed by atoms with Crippen LogP contribution in [0.25, 0.3) is 16.9 Å². The highest BCUT2D eigenvalue weighted by Crippen LogP contribution is 2.32. The first kappa shape index (κ1) is 23.4. The standard InChI is InChI=1S/C23H22F4N6O/c1-5-32-14(3)17(13(2)29-32)12-31(4)22(34)19-11-21-28-18(15-6-8-16(24)9-7-15)10-20(23(25,26)27)33(21)30-19/h6-11H,5,12H2,1-4H3. The SMILES string of the molecule is CCn1nc(C)c(CN(C)C(=O)c2cc3nc(-c4ccc(F)cc4)cc(C(F)(F)F)n3n2)c1C. The molecule has 0 radical (unpaired) electrons. The van der Waals surface area contributed by atoms with Crippen molar-refractivity contribution in [3.05, 3.63) is 70.6 Å². The van der Waals surface area contributed by atoms with Crippen LogP contribution >= 0.6 is 0 Å². The molecule has 0 spiro atoms. The summed E-state index contributed by atoms with van der Waals surface area (Å²) in [5.41, 5.74) is 1.46. The molecule has 0 aliphatic carbocycles. The zero-order valence-corrected chi connectivity index (χ0v) is 19.0. The summed E-state index contributed by atoms with van der Waals surface area (Å²) in [6.45, 7) is 6.61. The zero-order valence-electron chi connectivity index (χ0n) is 19.0. The van der Waals surface area contributed by atoms with Crippen molar-refractivity contribution < 1.29 is 22.4 Å². The number of nitrogens with zero attached hydrogens (tertiary/aromatic N) is 6. The third kappa shape index (κ3) is 4.25. The van der Waals surface area contributed by atoms with Crippen LogP contribution in [0.15, 0.2) is 36.4 Å². The minimum absolute atomic E-state index is 0.00897. The molecular weight excluding hydrogens is 452 g/mol. The van der Waals surface area contributed by atoms with Crippen LogP contribution in [0.3, 0.4) is 0 Å². The number of halogens is 4. The number of fused-ring (bicyclic) bond motifs is 1. The summed E-state index contributed by atoms with van der Waals surface area (Å²) in [6, 6.07) is 7.00. The maximum Gasteiger partial charge on any atom is 0.433 e. The Morgan fingerprint density at radius 1 is 1.09 bits per heavy atom. The lowest BCUT2D eigenvalue weighted by molar-refractivity contribution is -0.142. The van der Waals surface area contributed by atoms with Crippen LogP contribution in [0.1, 0.15) is 40.1 Å². The Labute approximate surface area is 192 Å². The van der Waals surface area contributed by atoms with E-state index in [0.29, 0.717) is 16.6 Å². The van der Waals surface area contributed by atoms with Crippen molar-refractivity contribution in [2.24, 2.45) is 0 Å². The number of aryl methyl sites for hydroxylation is 2. The molecule has 1 amide bonds. The lowest BCUT2D eigenvalue weighted by Crippen LogP contribution is -2.27. The lowest BCUT2D eigenvalue weighted by atomic mass is 10.1. The molecule has 34 heavy (non-hydrogen) atoms. The highest BCUT2D eigenvalue weighted by molar-refractivity contribution is 5.93. The van der Waals surface area contributed by atoms with Crippen molar-refractivity contribution in [2.75, 3.05) is 7.05 Å². The highest BCUT2D eigenvalue weighted by Gasteiger charge is 2.36. The monoisotopic (exact) mass is 474 g/mol. The zero-order chi connectivity index (χ0) is 24.8. The van der Waals surface area contributed by atoms with Crippen molar-refractivity contribution in [1.82, 2.24) is 29.3 Å². The van der Waals surface area contributed by atoms with E-state index >= 15 is 0 Å². The summed E-state index contributed by atoms with van der Waals surface area (Å²) >= 11 is 0. The fraction of sp³-hybridized carbons (Fsp3) is 0.304. The molecular formula is C23H22F4N6O. The Morgan fingerprint density at radius 3 is 2.35 bits per heavy atom. The van der Waals surface area contributed by atoms with Gasteiger partial charge in [0.2, 0.25) is 0 Å². The quantitative estimate of drug-likeness (QED) is 0.395. The number of rotatable bonds is 5. The smallest absolute Gasteiger partial charge is 0.336 e. The van der Waals surface area contributed by atoms with Gasteiger partial charge in [0.15, 0.2) is 17.0 Å². The Bertz CT molecular complexity index is 1370. The molecule has 0 atom stereocenters. The minimum atomic E-state index is -4.75. The molecule has 0 aliphatic rings. The summed E-state index contributed by atoms with van der Waals surface area (Å²) < 4.78 is 57.1. The molecule has 3 heterocycles. The molecule has 178 valence electrons. The van der Waals surface area contributed by atoms with Gasteiger partial charge in [-0.2, -0.15) is 23.4 Å². The van der Waals surface area contributed by atoms with Crippen LogP contribution in [0.5, 0.6) is 0 Å². The van der Waals surface area contributed by atoms with Gasteiger partial charge in [0, 0.05) is 43.0 Å². The van der Waals surface area contributed by atoms with Gasteiger partial charge in [0.05, 0.1) is 11.4 Å². The van der Waals surface area contributed by atoms with E-state index in [2.05, 4.69) is 15.2 Å². The van der Waals surface area contributed by atoms with Gasteiger partial charge in [0.1, 0.15) is 5.82 Å². The predicted molar refractivity (Wildman–Crippen MR) is 117 cm³/mol. The van der Waals surface area contributed by atoms with E-state index in [1.165, 1.54) is 23.1 Å². The largest absolute Gasteiger partial charge is 0.433 e. The average Bonchev–Trinajstić information content (AvgIpc) is 3.33. The number of hydrogen-bond donors (Lipinski definition) is 0. The van der Waals surface area contributed by atoms with Crippen LogP contribution in [0.4, 0.5) is 17.6 Å². The molecule has 11 heteroatoms. The van der Waals surface area contributed by atoms with Crippen molar-refractivity contribution in [3.8, 4) is 11.3 Å². The minimum Gasteiger partial charge on any atom is -0.336 e. The first-order valence-electron chi connectivity index (χ1n) is 10.5. The van der Waals surface area contributed by atoms with E-state index in [4.69, 9.17) is 0 Å². The number of alkyl halides is 3. The first-order valence-corrected chi connectivity index (χ1v) is 10.5. The van der Waals surface area contributed by atoms with Gasteiger partial charge in [-0.1, -0.05) is 0 Å².